The van der Waals surface area contributed by atoms with Gasteiger partial charge in [0.15, 0.2) is 0 Å². The third-order valence-electron chi connectivity index (χ3n) is 2.23. The third-order valence-corrected chi connectivity index (χ3v) is 2.23. The highest BCUT2D eigenvalue weighted by atomic mass is 19.4. The number of nitrogens with zero attached hydrogens (tertiary/aromatic N) is 2. The maximum Gasteiger partial charge on any atom is 0.461 e. The highest BCUT2D eigenvalue weighted by Crippen LogP contribution is 2.39. The van der Waals surface area contributed by atoms with Gasteiger partial charge >= 0.3 is 12.1 Å². The van der Waals surface area contributed by atoms with Crippen molar-refractivity contribution in [2.24, 2.45) is 0 Å². The Morgan fingerprint density at radius 3 is 1.57 bits per heavy atom. The van der Waals surface area contributed by atoms with Crippen molar-refractivity contribution in [1.82, 2.24) is 0 Å². The van der Waals surface area contributed by atoms with Crippen LogP contribution in [-0.2, 0) is 0 Å². The topological polar surface area (TPSA) is 103 Å². The zero-order valence-corrected chi connectivity index (χ0v) is 9.56. The molecule has 7 nitrogen and oxygen atoms in total. The van der Waals surface area contributed by atoms with E-state index in [1.807, 2.05) is 0 Å². The van der Waals surface area contributed by atoms with Gasteiger partial charge in [-0.3, -0.25) is 25.0 Å². The Labute approximate surface area is 111 Å². The monoisotopic (exact) mass is 314 g/mol. The van der Waals surface area contributed by atoms with Crippen LogP contribution >= 0.6 is 0 Å². The van der Waals surface area contributed by atoms with E-state index in [1.165, 1.54) is 0 Å². The molecule has 0 bridgehead atoms. The molecule has 0 saturated heterocycles. The van der Waals surface area contributed by atoms with E-state index in [0.717, 1.165) is 0 Å². The molecule has 0 saturated carbocycles. The number of rotatable bonds is 4. The molecule has 0 aromatic heterocycles. The first-order valence-electron chi connectivity index (χ1n) is 4.81. The number of Topliss-reactive ketones (excluding diaryl/α,β-unsaturated/α-hetero) is 1. The molecule has 114 valence electrons. The van der Waals surface area contributed by atoms with Crippen LogP contribution in [0, 0.1) is 20.2 Å². The first-order valence-corrected chi connectivity index (χ1v) is 4.81. The van der Waals surface area contributed by atoms with Gasteiger partial charge in [-0.15, -0.1) is 0 Å². The lowest BCUT2D eigenvalue weighted by Gasteiger charge is -2.17. The predicted molar refractivity (Wildman–Crippen MR) is 55.1 cm³/mol. The molecule has 0 aliphatic carbocycles. The number of alkyl halides is 5. The Bertz CT molecular complexity index is 595. The number of halogens is 5. The van der Waals surface area contributed by atoms with Crippen molar-refractivity contribution >= 4 is 17.2 Å². The maximum absolute atomic E-state index is 12.9. The molecule has 0 aliphatic heterocycles. The van der Waals surface area contributed by atoms with Crippen LogP contribution in [0.2, 0.25) is 0 Å². The second-order valence-electron chi connectivity index (χ2n) is 3.65. The number of hydrogen-bond donors (Lipinski definition) is 0. The van der Waals surface area contributed by atoms with Crippen LogP contribution in [0.5, 0.6) is 0 Å². The molecule has 0 fully saturated rings. The number of hydrogen-bond acceptors (Lipinski definition) is 5. The summed E-state index contributed by atoms with van der Waals surface area (Å²) in [7, 11) is 0. The Balaban J connectivity index is 3.46. The fraction of sp³-hybridized carbons (Fsp3) is 0.222. The molecule has 0 heterocycles. The van der Waals surface area contributed by atoms with Crippen molar-refractivity contribution in [3.05, 3.63) is 44.0 Å². The minimum Gasteiger partial charge on any atom is -0.287 e. The maximum atomic E-state index is 12.9. The van der Waals surface area contributed by atoms with Gasteiger partial charge in [0.1, 0.15) is 0 Å². The van der Waals surface area contributed by atoms with Crippen LogP contribution in [0.4, 0.5) is 33.3 Å². The molecule has 0 radical (unpaired) electrons. The standard InChI is InChI=1S/C9H3F5N2O5/c10-8(11,9(12,13)14)7(17)4-1-5(15(18)19)3-6(2-4)16(20)21/h1-3H. The molecule has 0 amide bonds. The quantitative estimate of drug-likeness (QED) is 0.368. The van der Waals surface area contributed by atoms with Crippen LogP contribution in [-0.4, -0.2) is 27.7 Å². The number of benzene rings is 1. The molecule has 0 spiro atoms. The van der Waals surface area contributed by atoms with Gasteiger partial charge in [-0.25, -0.2) is 0 Å². The average molecular weight is 314 g/mol. The fourth-order valence-corrected chi connectivity index (χ4v) is 1.25. The lowest BCUT2D eigenvalue weighted by molar-refractivity contribution is -0.394. The Kier molecular flexibility index (Phi) is 3.93. The van der Waals surface area contributed by atoms with Crippen molar-refractivity contribution in [2.45, 2.75) is 12.1 Å². The van der Waals surface area contributed by atoms with E-state index < -0.39 is 44.7 Å². The number of carbonyl (C=O) groups excluding carboxylic acids is 1. The highest BCUT2D eigenvalue weighted by Gasteiger charge is 2.63. The summed E-state index contributed by atoms with van der Waals surface area (Å²) in [5, 5.41) is 20.9. The summed E-state index contributed by atoms with van der Waals surface area (Å²) in [5.74, 6) is -8.64. The van der Waals surface area contributed by atoms with E-state index >= 15 is 0 Å². The molecule has 0 unspecified atom stereocenters. The summed E-state index contributed by atoms with van der Waals surface area (Å²) >= 11 is 0. The SMILES string of the molecule is O=C(c1cc([N+](=O)[O-])cc([N+](=O)[O-])c1)C(F)(F)C(F)(F)F. The molecular weight excluding hydrogens is 311 g/mol. The Morgan fingerprint density at radius 2 is 1.29 bits per heavy atom. The molecule has 0 aliphatic rings. The lowest BCUT2D eigenvalue weighted by atomic mass is 10.0. The first-order chi connectivity index (χ1) is 9.37. The van der Waals surface area contributed by atoms with E-state index in [1.54, 1.807) is 0 Å². The van der Waals surface area contributed by atoms with E-state index in [4.69, 9.17) is 0 Å². The number of nitro groups is 2. The van der Waals surface area contributed by atoms with E-state index in [0.29, 0.717) is 6.07 Å². The largest absolute Gasteiger partial charge is 0.461 e. The van der Waals surface area contributed by atoms with Crippen molar-refractivity contribution in [3.8, 4) is 0 Å². The van der Waals surface area contributed by atoms with Gasteiger partial charge in [-0.2, -0.15) is 22.0 Å². The normalized spacial score (nSPS) is 12.0. The van der Waals surface area contributed by atoms with E-state index in [-0.39, 0.29) is 12.1 Å². The summed E-state index contributed by atoms with van der Waals surface area (Å²) < 4.78 is 61.9. The van der Waals surface area contributed by atoms with Gasteiger partial charge < -0.3 is 0 Å². The second-order valence-corrected chi connectivity index (χ2v) is 3.65. The van der Waals surface area contributed by atoms with Crippen LogP contribution in [0.1, 0.15) is 10.4 Å². The van der Waals surface area contributed by atoms with Gasteiger partial charge in [0.05, 0.1) is 15.9 Å². The third kappa shape index (κ3) is 3.09. The average Bonchev–Trinajstić information content (AvgIpc) is 2.35. The predicted octanol–water partition coefficient (Wildman–Crippen LogP) is 2.88. The fourth-order valence-electron chi connectivity index (χ4n) is 1.25. The molecule has 1 aromatic rings. The summed E-state index contributed by atoms with van der Waals surface area (Å²) in [6.07, 6.45) is -6.23. The Morgan fingerprint density at radius 1 is 0.905 bits per heavy atom. The van der Waals surface area contributed by atoms with Crippen molar-refractivity contribution in [1.29, 1.82) is 0 Å². The molecule has 0 N–H and O–H groups in total. The first kappa shape index (κ1) is 16.4. The molecular formula is C9H3F5N2O5. The number of ketones is 1. The Hall–Kier alpha value is -2.66. The van der Waals surface area contributed by atoms with Crippen LogP contribution in [0.25, 0.3) is 0 Å². The number of carbonyl (C=O) groups is 1. The number of non-ortho nitro benzene ring substituents is 2. The van der Waals surface area contributed by atoms with Gasteiger partial charge in [0, 0.05) is 17.7 Å². The van der Waals surface area contributed by atoms with E-state index in [2.05, 4.69) is 0 Å². The van der Waals surface area contributed by atoms with Crippen LogP contribution in [0.15, 0.2) is 18.2 Å². The summed E-state index contributed by atoms with van der Waals surface area (Å²) in [6.45, 7) is 0. The molecule has 12 heteroatoms. The van der Waals surface area contributed by atoms with Gasteiger partial charge in [-0.05, 0) is 0 Å². The summed E-state index contributed by atoms with van der Waals surface area (Å²) in [5.41, 5.74) is -3.81. The van der Waals surface area contributed by atoms with Crippen LogP contribution < -0.4 is 0 Å². The van der Waals surface area contributed by atoms with Crippen molar-refractivity contribution in [2.75, 3.05) is 0 Å². The molecule has 0 atom stereocenters. The van der Waals surface area contributed by atoms with Gasteiger partial charge in [-0.1, -0.05) is 0 Å². The van der Waals surface area contributed by atoms with Crippen molar-refractivity contribution < 1.29 is 36.6 Å². The smallest absolute Gasteiger partial charge is 0.287 e. The molecule has 1 aromatic carbocycles. The highest BCUT2D eigenvalue weighted by molar-refractivity contribution is 6.02. The molecule has 21 heavy (non-hydrogen) atoms. The number of nitro benzene ring substituents is 2. The summed E-state index contributed by atoms with van der Waals surface area (Å²) in [4.78, 5) is 29.5. The lowest BCUT2D eigenvalue weighted by Crippen LogP contribution is -2.44. The van der Waals surface area contributed by atoms with Crippen molar-refractivity contribution in [3.63, 3.8) is 0 Å². The van der Waals surface area contributed by atoms with Crippen LogP contribution in [0.3, 0.4) is 0 Å². The van der Waals surface area contributed by atoms with Gasteiger partial charge in [0.25, 0.3) is 11.4 Å². The minimum absolute atomic E-state index is 0.106. The zero-order valence-electron chi connectivity index (χ0n) is 9.56. The van der Waals surface area contributed by atoms with E-state index in [9.17, 15) is 47.0 Å². The minimum atomic E-state index is -6.23. The van der Waals surface area contributed by atoms with Gasteiger partial charge in [0.2, 0.25) is 5.78 Å². The second kappa shape index (κ2) is 5.03. The zero-order chi connectivity index (χ0) is 16.6. The summed E-state index contributed by atoms with van der Waals surface area (Å²) in [6, 6.07) is 0.534. The molecule has 1 rings (SSSR count).